The Kier molecular flexibility index (Phi) is 5.79. The fourth-order valence-corrected chi connectivity index (χ4v) is 3.21. The largest absolute Gasteiger partial charge is 0.335 e. The molecule has 114 valence electrons. The normalized spacial score (nSPS) is 23.9. The van der Waals surface area contributed by atoms with Crippen LogP contribution in [0.25, 0.3) is 0 Å². The summed E-state index contributed by atoms with van der Waals surface area (Å²) in [5.41, 5.74) is 0. The highest BCUT2D eigenvalue weighted by Gasteiger charge is 2.26. The first-order valence-corrected chi connectivity index (χ1v) is 7.68. The number of nitrogens with zero attached hydrogens (tertiary/aromatic N) is 1. The van der Waals surface area contributed by atoms with Crippen molar-refractivity contribution in [3.63, 3.8) is 0 Å². The van der Waals surface area contributed by atoms with Gasteiger partial charge in [-0.25, -0.2) is 4.79 Å². The zero-order chi connectivity index (χ0) is 14.4. The van der Waals surface area contributed by atoms with Crippen LogP contribution in [0.4, 0.5) is 4.79 Å². The Bertz CT molecular complexity index is 342. The summed E-state index contributed by atoms with van der Waals surface area (Å²) >= 11 is 0. The summed E-state index contributed by atoms with van der Waals surface area (Å²) in [5, 5.41) is 8.46. The number of carbonyl (C=O) groups is 2. The van der Waals surface area contributed by atoms with Crippen LogP contribution < -0.4 is 16.0 Å². The van der Waals surface area contributed by atoms with Gasteiger partial charge in [-0.3, -0.25) is 15.0 Å². The first-order chi connectivity index (χ1) is 9.69. The molecule has 0 radical (unpaired) electrons. The second-order valence-corrected chi connectivity index (χ2v) is 5.83. The number of amides is 3. The van der Waals surface area contributed by atoms with Crippen LogP contribution >= 0.6 is 0 Å². The molecule has 1 unspecified atom stereocenters. The maximum Gasteiger partial charge on any atom is 0.321 e. The number of likely N-dealkylation sites (tertiary alicyclic amines) is 1. The third-order valence-electron chi connectivity index (χ3n) is 4.23. The molecule has 2 rings (SSSR count). The Hall–Kier alpha value is -1.14. The zero-order valence-corrected chi connectivity index (χ0v) is 12.3. The minimum atomic E-state index is -0.341. The number of likely N-dealkylation sites (N-methyl/N-ethyl adjacent to an activating group) is 1. The Labute approximate surface area is 120 Å². The molecule has 6 heteroatoms. The SMILES string of the molecule is CNCC1CCCN1CC(=O)NC(=O)NC1CCCC1. The van der Waals surface area contributed by atoms with E-state index in [4.69, 9.17) is 0 Å². The first kappa shape index (κ1) is 15.3. The van der Waals surface area contributed by atoms with Crippen molar-refractivity contribution in [2.45, 2.75) is 50.6 Å². The van der Waals surface area contributed by atoms with Gasteiger partial charge < -0.3 is 10.6 Å². The Balaban J connectivity index is 1.69. The second-order valence-electron chi connectivity index (χ2n) is 5.83. The second kappa shape index (κ2) is 7.59. The number of hydrogen-bond donors (Lipinski definition) is 3. The smallest absolute Gasteiger partial charge is 0.321 e. The lowest BCUT2D eigenvalue weighted by Gasteiger charge is -2.23. The lowest BCUT2D eigenvalue weighted by Crippen LogP contribution is -2.48. The van der Waals surface area contributed by atoms with Crippen molar-refractivity contribution in [2.24, 2.45) is 0 Å². The summed E-state index contributed by atoms with van der Waals surface area (Å²) in [6.45, 7) is 2.13. The molecular formula is C14H26N4O2. The fourth-order valence-electron chi connectivity index (χ4n) is 3.21. The predicted octanol–water partition coefficient (Wildman–Crippen LogP) is 0.439. The van der Waals surface area contributed by atoms with Crippen molar-refractivity contribution in [3.8, 4) is 0 Å². The van der Waals surface area contributed by atoms with Crippen LogP contribution in [0.3, 0.4) is 0 Å². The molecule has 3 amide bonds. The van der Waals surface area contributed by atoms with Gasteiger partial charge in [0, 0.05) is 18.6 Å². The molecule has 2 aliphatic rings. The Morgan fingerprint density at radius 3 is 2.60 bits per heavy atom. The third-order valence-corrected chi connectivity index (χ3v) is 4.23. The van der Waals surface area contributed by atoms with Gasteiger partial charge in [0.2, 0.25) is 5.91 Å². The highest BCUT2D eigenvalue weighted by Crippen LogP contribution is 2.17. The average molecular weight is 282 g/mol. The molecule has 3 N–H and O–H groups in total. The standard InChI is InChI=1S/C14H26N4O2/c1-15-9-12-7-4-8-18(12)10-13(19)17-14(20)16-11-5-2-3-6-11/h11-12,15H,2-10H2,1H3,(H2,16,17,19,20). The van der Waals surface area contributed by atoms with E-state index in [0.717, 1.165) is 38.8 Å². The van der Waals surface area contributed by atoms with E-state index in [0.29, 0.717) is 12.6 Å². The average Bonchev–Trinajstić information content (AvgIpc) is 3.02. The molecule has 1 atom stereocenters. The predicted molar refractivity (Wildman–Crippen MR) is 77.5 cm³/mol. The van der Waals surface area contributed by atoms with Gasteiger partial charge in [0.15, 0.2) is 0 Å². The van der Waals surface area contributed by atoms with E-state index < -0.39 is 0 Å². The molecule has 1 saturated carbocycles. The molecule has 0 aromatic heterocycles. The van der Waals surface area contributed by atoms with Crippen LogP contribution in [0.15, 0.2) is 0 Å². The first-order valence-electron chi connectivity index (χ1n) is 7.68. The molecular weight excluding hydrogens is 256 g/mol. The molecule has 0 bridgehead atoms. The van der Waals surface area contributed by atoms with Crippen LogP contribution in [0.1, 0.15) is 38.5 Å². The third kappa shape index (κ3) is 4.45. The molecule has 0 aromatic rings. The van der Waals surface area contributed by atoms with Crippen LogP contribution in [0.5, 0.6) is 0 Å². The summed E-state index contributed by atoms with van der Waals surface area (Å²) in [6, 6.07) is 0.307. The summed E-state index contributed by atoms with van der Waals surface area (Å²) in [7, 11) is 1.92. The Morgan fingerprint density at radius 2 is 1.90 bits per heavy atom. The molecule has 0 spiro atoms. The van der Waals surface area contributed by atoms with Gasteiger partial charge in [0.05, 0.1) is 6.54 Å². The summed E-state index contributed by atoms with van der Waals surface area (Å²) in [5.74, 6) is -0.205. The van der Waals surface area contributed by atoms with Crippen LogP contribution in [0.2, 0.25) is 0 Å². The molecule has 6 nitrogen and oxygen atoms in total. The van der Waals surface area contributed by atoms with Gasteiger partial charge in [-0.2, -0.15) is 0 Å². The van der Waals surface area contributed by atoms with Crippen molar-refractivity contribution in [1.82, 2.24) is 20.9 Å². The van der Waals surface area contributed by atoms with Crippen molar-refractivity contribution in [3.05, 3.63) is 0 Å². The molecule has 0 aromatic carbocycles. The van der Waals surface area contributed by atoms with E-state index in [9.17, 15) is 9.59 Å². The molecule has 1 aliphatic heterocycles. The van der Waals surface area contributed by atoms with Gasteiger partial charge >= 0.3 is 6.03 Å². The number of nitrogens with one attached hydrogen (secondary N) is 3. The van der Waals surface area contributed by atoms with Crippen LogP contribution in [-0.2, 0) is 4.79 Å². The maximum absolute atomic E-state index is 11.9. The number of hydrogen-bond acceptors (Lipinski definition) is 4. The maximum atomic E-state index is 11.9. The summed E-state index contributed by atoms with van der Waals surface area (Å²) in [6.07, 6.45) is 6.61. The minimum absolute atomic E-state index is 0.205. The molecule has 1 saturated heterocycles. The molecule has 20 heavy (non-hydrogen) atoms. The number of rotatable bonds is 5. The van der Waals surface area contributed by atoms with Gasteiger partial charge in [0.1, 0.15) is 0 Å². The fraction of sp³-hybridized carbons (Fsp3) is 0.857. The van der Waals surface area contributed by atoms with E-state index in [1.165, 1.54) is 12.8 Å². The monoisotopic (exact) mass is 282 g/mol. The van der Waals surface area contributed by atoms with Crippen molar-refractivity contribution < 1.29 is 9.59 Å². The highest BCUT2D eigenvalue weighted by atomic mass is 16.2. The summed E-state index contributed by atoms with van der Waals surface area (Å²) in [4.78, 5) is 25.8. The van der Waals surface area contributed by atoms with Crippen molar-refractivity contribution >= 4 is 11.9 Å². The molecule has 2 fully saturated rings. The lowest BCUT2D eigenvalue weighted by molar-refractivity contribution is -0.121. The lowest BCUT2D eigenvalue weighted by atomic mass is 10.2. The number of imide groups is 1. The van der Waals surface area contributed by atoms with E-state index in [-0.39, 0.29) is 18.0 Å². The molecule has 1 heterocycles. The van der Waals surface area contributed by atoms with Gasteiger partial charge in [-0.15, -0.1) is 0 Å². The highest BCUT2D eigenvalue weighted by molar-refractivity contribution is 5.95. The van der Waals surface area contributed by atoms with Crippen molar-refractivity contribution in [2.75, 3.05) is 26.7 Å². The summed E-state index contributed by atoms with van der Waals surface area (Å²) < 4.78 is 0. The van der Waals surface area contributed by atoms with Gasteiger partial charge in [-0.1, -0.05) is 12.8 Å². The minimum Gasteiger partial charge on any atom is -0.335 e. The molecule has 1 aliphatic carbocycles. The van der Waals surface area contributed by atoms with Crippen LogP contribution in [0, 0.1) is 0 Å². The quantitative estimate of drug-likeness (QED) is 0.684. The van der Waals surface area contributed by atoms with E-state index >= 15 is 0 Å². The zero-order valence-electron chi connectivity index (χ0n) is 12.3. The Morgan fingerprint density at radius 1 is 1.15 bits per heavy atom. The topological polar surface area (TPSA) is 73.5 Å². The van der Waals surface area contributed by atoms with E-state index in [2.05, 4.69) is 20.9 Å². The van der Waals surface area contributed by atoms with Gasteiger partial charge in [0.25, 0.3) is 0 Å². The number of urea groups is 1. The van der Waals surface area contributed by atoms with Gasteiger partial charge in [-0.05, 0) is 39.3 Å². The number of carbonyl (C=O) groups excluding carboxylic acids is 2. The van der Waals surface area contributed by atoms with E-state index in [1.54, 1.807) is 0 Å². The van der Waals surface area contributed by atoms with E-state index in [1.807, 2.05) is 7.05 Å². The van der Waals surface area contributed by atoms with Crippen LogP contribution in [-0.4, -0.2) is 55.6 Å². The van der Waals surface area contributed by atoms with Crippen molar-refractivity contribution in [1.29, 1.82) is 0 Å².